The van der Waals surface area contributed by atoms with E-state index in [4.69, 9.17) is 14.2 Å². The van der Waals surface area contributed by atoms with E-state index in [2.05, 4.69) is 24.0 Å². The van der Waals surface area contributed by atoms with Gasteiger partial charge in [0.25, 0.3) is 0 Å². The molecule has 1 spiro atoms. The lowest BCUT2D eigenvalue weighted by molar-refractivity contribution is 0.0256. The van der Waals surface area contributed by atoms with Crippen LogP contribution in [-0.2, 0) is 11.3 Å². The van der Waals surface area contributed by atoms with Crippen LogP contribution in [0.4, 0.5) is 4.79 Å². The number of likely N-dealkylation sites (tertiary alicyclic amines) is 2. The molecule has 0 atom stereocenters. The molecule has 0 bridgehead atoms. The summed E-state index contributed by atoms with van der Waals surface area (Å²) in [6, 6.07) is 16.0. The Morgan fingerprint density at radius 2 is 1.50 bits per heavy atom. The number of benzene rings is 2. The van der Waals surface area contributed by atoms with E-state index < -0.39 is 0 Å². The summed E-state index contributed by atoms with van der Waals surface area (Å²) in [5.74, 6) is 2.34. The first-order valence-electron chi connectivity index (χ1n) is 12.7. The Bertz CT molecular complexity index is 930. The summed E-state index contributed by atoms with van der Waals surface area (Å²) in [6.45, 7) is 7.30. The molecule has 4 rings (SSSR count). The molecule has 6 nitrogen and oxygen atoms in total. The predicted molar refractivity (Wildman–Crippen MR) is 134 cm³/mol. The third-order valence-electron chi connectivity index (χ3n) is 7.38. The smallest absolute Gasteiger partial charge is 0.409 e. The highest BCUT2D eigenvalue weighted by Crippen LogP contribution is 2.42. The zero-order chi connectivity index (χ0) is 23.8. The molecule has 184 valence electrons. The van der Waals surface area contributed by atoms with Crippen LogP contribution in [0.2, 0.25) is 0 Å². The van der Waals surface area contributed by atoms with Crippen molar-refractivity contribution in [2.75, 3.05) is 39.9 Å². The SMILES string of the molecule is CCCCOC(=O)N1CCC2(CCN(Cc3ccccc3Oc3ccccc3OC)CC2)CC1. The van der Waals surface area contributed by atoms with Gasteiger partial charge in [0.15, 0.2) is 11.5 Å². The summed E-state index contributed by atoms with van der Waals surface area (Å²) in [6.07, 6.45) is 6.38. The van der Waals surface area contributed by atoms with E-state index in [1.54, 1.807) is 7.11 Å². The summed E-state index contributed by atoms with van der Waals surface area (Å²) in [5, 5.41) is 0. The van der Waals surface area contributed by atoms with Crippen molar-refractivity contribution in [2.24, 2.45) is 5.41 Å². The number of unbranched alkanes of at least 4 members (excludes halogenated alkanes) is 1. The predicted octanol–water partition coefficient (Wildman–Crippen LogP) is 6.10. The molecule has 2 fully saturated rings. The van der Waals surface area contributed by atoms with Gasteiger partial charge in [0, 0.05) is 25.2 Å². The summed E-state index contributed by atoms with van der Waals surface area (Å²) in [7, 11) is 1.66. The first-order valence-corrected chi connectivity index (χ1v) is 12.7. The molecule has 6 heteroatoms. The highest BCUT2D eigenvalue weighted by Gasteiger charge is 2.38. The second-order valence-corrected chi connectivity index (χ2v) is 9.59. The first-order chi connectivity index (χ1) is 16.6. The van der Waals surface area contributed by atoms with Gasteiger partial charge in [-0.25, -0.2) is 4.79 Å². The number of para-hydroxylation sites is 3. The van der Waals surface area contributed by atoms with Crippen molar-refractivity contribution in [3.8, 4) is 17.2 Å². The van der Waals surface area contributed by atoms with Crippen molar-refractivity contribution >= 4 is 6.09 Å². The van der Waals surface area contributed by atoms with E-state index in [1.165, 1.54) is 18.4 Å². The molecule has 0 unspecified atom stereocenters. The van der Waals surface area contributed by atoms with Crippen LogP contribution in [0.25, 0.3) is 0 Å². The maximum absolute atomic E-state index is 12.3. The van der Waals surface area contributed by atoms with Gasteiger partial charge >= 0.3 is 6.09 Å². The Hall–Kier alpha value is -2.73. The fourth-order valence-corrected chi connectivity index (χ4v) is 5.04. The Morgan fingerprint density at radius 3 is 2.18 bits per heavy atom. The molecular formula is C28H38N2O4. The van der Waals surface area contributed by atoms with Gasteiger partial charge in [0.1, 0.15) is 5.75 Å². The number of rotatable bonds is 8. The Balaban J connectivity index is 1.29. The topological polar surface area (TPSA) is 51.2 Å². The number of carbonyl (C=O) groups excluding carboxylic acids is 1. The lowest BCUT2D eigenvalue weighted by Gasteiger charge is -2.46. The van der Waals surface area contributed by atoms with Crippen molar-refractivity contribution in [2.45, 2.75) is 52.0 Å². The molecule has 34 heavy (non-hydrogen) atoms. The van der Waals surface area contributed by atoms with Gasteiger partial charge in [-0.3, -0.25) is 4.90 Å². The summed E-state index contributed by atoms with van der Waals surface area (Å²) >= 11 is 0. The molecule has 2 aliphatic rings. The minimum Gasteiger partial charge on any atom is -0.493 e. The third-order valence-corrected chi connectivity index (χ3v) is 7.38. The molecular weight excluding hydrogens is 428 g/mol. The number of hydrogen-bond donors (Lipinski definition) is 0. The zero-order valence-electron chi connectivity index (χ0n) is 20.6. The number of amides is 1. The van der Waals surface area contributed by atoms with Gasteiger partial charge in [0.05, 0.1) is 13.7 Å². The number of methoxy groups -OCH3 is 1. The largest absolute Gasteiger partial charge is 0.493 e. The quantitative estimate of drug-likeness (QED) is 0.440. The van der Waals surface area contributed by atoms with Crippen molar-refractivity contribution in [3.05, 3.63) is 54.1 Å². The molecule has 0 saturated carbocycles. The maximum Gasteiger partial charge on any atom is 0.409 e. The normalized spacial score (nSPS) is 18.0. The Morgan fingerprint density at radius 1 is 0.882 bits per heavy atom. The van der Waals surface area contributed by atoms with Gasteiger partial charge in [0.2, 0.25) is 0 Å². The minimum atomic E-state index is -0.132. The average Bonchev–Trinajstić information content (AvgIpc) is 2.87. The van der Waals surface area contributed by atoms with Gasteiger partial charge < -0.3 is 19.1 Å². The van der Waals surface area contributed by atoms with Gasteiger partial charge in [-0.05, 0) is 68.8 Å². The molecule has 2 aromatic carbocycles. The summed E-state index contributed by atoms with van der Waals surface area (Å²) in [5.41, 5.74) is 1.55. The van der Waals surface area contributed by atoms with E-state index in [-0.39, 0.29) is 6.09 Å². The molecule has 0 aromatic heterocycles. The molecule has 0 aliphatic carbocycles. The molecule has 2 saturated heterocycles. The fraction of sp³-hybridized carbons (Fsp3) is 0.536. The fourth-order valence-electron chi connectivity index (χ4n) is 5.04. The first kappa shape index (κ1) is 24.4. The van der Waals surface area contributed by atoms with E-state index in [9.17, 15) is 4.79 Å². The maximum atomic E-state index is 12.3. The van der Waals surface area contributed by atoms with Crippen molar-refractivity contribution in [3.63, 3.8) is 0 Å². The number of nitrogens with zero attached hydrogens (tertiary/aromatic N) is 2. The average molecular weight is 467 g/mol. The van der Waals surface area contributed by atoms with Crippen LogP contribution in [0.3, 0.4) is 0 Å². The van der Waals surface area contributed by atoms with Crippen molar-refractivity contribution in [1.29, 1.82) is 0 Å². The number of carbonyl (C=O) groups is 1. The van der Waals surface area contributed by atoms with Crippen LogP contribution < -0.4 is 9.47 Å². The number of hydrogen-bond acceptors (Lipinski definition) is 5. The molecule has 1 amide bonds. The zero-order valence-corrected chi connectivity index (χ0v) is 20.6. The summed E-state index contributed by atoms with van der Waals surface area (Å²) in [4.78, 5) is 16.7. The van der Waals surface area contributed by atoms with E-state index in [1.807, 2.05) is 41.3 Å². The van der Waals surface area contributed by atoms with Crippen LogP contribution in [-0.4, -0.2) is 55.8 Å². The number of ether oxygens (including phenoxy) is 3. The lowest BCUT2D eigenvalue weighted by atomic mass is 9.71. The monoisotopic (exact) mass is 466 g/mol. The van der Waals surface area contributed by atoms with Crippen molar-refractivity contribution < 1.29 is 19.0 Å². The number of piperidine rings is 2. The van der Waals surface area contributed by atoms with Crippen LogP contribution in [0, 0.1) is 5.41 Å². The molecule has 0 radical (unpaired) electrons. The molecule has 2 heterocycles. The van der Waals surface area contributed by atoms with Gasteiger partial charge in [-0.15, -0.1) is 0 Å². The lowest BCUT2D eigenvalue weighted by Crippen LogP contribution is -2.48. The second kappa shape index (κ2) is 11.6. The van der Waals surface area contributed by atoms with Crippen molar-refractivity contribution in [1.82, 2.24) is 9.80 Å². The highest BCUT2D eigenvalue weighted by molar-refractivity contribution is 5.67. The molecule has 2 aromatic rings. The standard InChI is InChI=1S/C28H38N2O4/c1-3-4-21-33-27(31)30-19-15-28(16-20-30)13-17-29(18-14-28)22-23-9-5-6-10-24(23)34-26-12-8-7-11-25(26)32-2/h5-12H,3-4,13-22H2,1-2H3. The van der Waals surface area contributed by atoms with E-state index in [0.717, 1.165) is 75.7 Å². The van der Waals surface area contributed by atoms with Crippen LogP contribution in [0.1, 0.15) is 51.0 Å². The summed E-state index contributed by atoms with van der Waals surface area (Å²) < 4.78 is 17.1. The van der Waals surface area contributed by atoms with Crippen LogP contribution in [0.15, 0.2) is 48.5 Å². The minimum absolute atomic E-state index is 0.132. The van der Waals surface area contributed by atoms with Gasteiger partial charge in [-0.1, -0.05) is 43.7 Å². The van der Waals surface area contributed by atoms with Crippen LogP contribution >= 0.6 is 0 Å². The third kappa shape index (κ3) is 6.03. The van der Waals surface area contributed by atoms with E-state index >= 15 is 0 Å². The molecule has 2 aliphatic heterocycles. The second-order valence-electron chi connectivity index (χ2n) is 9.59. The van der Waals surface area contributed by atoms with E-state index in [0.29, 0.717) is 12.0 Å². The Labute approximate surface area is 203 Å². The van der Waals surface area contributed by atoms with Crippen LogP contribution in [0.5, 0.6) is 17.2 Å². The Kier molecular flexibility index (Phi) is 8.33. The van der Waals surface area contributed by atoms with Gasteiger partial charge in [-0.2, -0.15) is 0 Å². The highest BCUT2D eigenvalue weighted by atomic mass is 16.6. The molecule has 0 N–H and O–H groups in total.